The predicted octanol–water partition coefficient (Wildman–Crippen LogP) is 4.43. The zero-order chi connectivity index (χ0) is 20.1. The Morgan fingerprint density at radius 1 is 1.21 bits per heavy atom. The fourth-order valence-electron chi connectivity index (χ4n) is 5.84. The van der Waals surface area contributed by atoms with Crippen LogP contribution in [0.5, 0.6) is 0 Å². The van der Waals surface area contributed by atoms with Crippen LogP contribution < -0.4 is 0 Å². The molecule has 1 unspecified atom stereocenters. The first-order valence-electron chi connectivity index (χ1n) is 11.5. The average molecular weight is 392 g/mol. The lowest BCUT2D eigenvalue weighted by Gasteiger charge is -2.25. The fraction of sp³-hybridized carbons (Fsp3) is 0.833. The topological polar surface area (TPSA) is 63.9 Å². The minimum Gasteiger partial charge on any atom is -0.513 e. The maximum atomic E-state index is 10.8. The van der Waals surface area contributed by atoms with Crippen LogP contribution in [0.25, 0.3) is 0 Å². The van der Waals surface area contributed by atoms with Crippen molar-refractivity contribution < 1.29 is 15.3 Å². The van der Waals surface area contributed by atoms with Crippen molar-refractivity contribution in [2.45, 2.75) is 82.8 Å². The Balaban J connectivity index is 1.47. The summed E-state index contributed by atoms with van der Waals surface area (Å²) in [5.41, 5.74) is 1.52. The third-order valence-electron chi connectivity index (χ3n) is 7.28. The van der Waals surface area contributed by atoms with E-state index in [-0.39, 0.29) is 5.92 Å². The van der Waals surface area contributed by atoms with E-state index >= 15 is 0 Å². The van der Waals surface area contributed by atoms with Crippen molar-refractivity contribution in [1.29, 1.82) is 0 Å². The van der Waals surface area contributed by atoms with E-state index in [1.165, 1.54) is 50.5 Å². The summed E-state index contributed by atoms with van der Waals surface area (Å²) in [6, 6.07) is 0. The lowest BCUT2D eigenvalue weighted by Crippen LogP contribution is -2.31. The fourth-order valence-corrected chi connectivity index (χ4v) is 5.84. The van der Waals surface area contributed by atoms with Crippen molar-refractivity contribution in [3.8, 4) is 0 Å². The molecule has 3 N–H and O–H groups in total. The highest BCUT2D eigenvalue weighted by Crippen LogP contribution is 2.49. The minimum atomic E-state index is -0.737. The third-order valence-corrected chi connectivity index (χ3v) is 7.28. The molecule has 4 nitrogen and oxygen atoms in total. The standard InChI is InChI=1S/C24H41NO3/c1-25(2)11-7-3-4-10-18-12-19-15-22(27)24(21(19)14-18)23(28)16-20(26)13-17-8-5-6-9-17/h12,16-17,19,21-24,26-28H,3-11,13-15H2,1-2H3/t19-,21-,22+,23?,24+/m0/s1. The number of aliphatic hydroxyl groups is 3. The van der Waals surface area contributed by atoms with Gasteiger partial charge in [-0.05, 0) is 76.6 Å². The summed E-state index contributed by atoms with van der Waals surface area (Å²) in [4.78, 5) is 2.24. The molecule has 0 amide bonds. The van der Waals surface area contributed by atoms with Gasteiger partial charge in [-0.25, -0.2) is 0 Å². The molecular formula is C24H41NO3. The Kier molecular flexibility index (Phi) is 8.02. The van der Waals surface area contributed by atoms with Crippen LogP contribution in [0.4, 0.5) is 0 Å². The Morgan fingerprint density at radius 2 is 1.96 bits per heavy atom. The van der Waals surface area contributed by atoms with Gasteiger partial charge in [0, 0.05) is 12.3 Å². The molecule has 0 spiro atoms. The first kappa shape index (κ1) is 21.9. The number of unbranched alkanes of at least 4 members (excludes halogenated alkanes) is 2. The maximum absolute atomic E-state index is 10.8. The van der Waals surface area contributed by atoms with Crippen LogP contribution in [0, 0.1) is 23.7 Å². The van der Waals surface area contributed by atoms with E-state index in [1.54, 1.807) is 6.08 Å². The van der Waals surface area contributed by atoms with E-state index in [4.69, 9.17) is 0 Å². The highest BCUT2D eigenvalue weighted by molar-refractivity contribution is 5.20. The van der Waals surface area contributed by atoms with E-state index in [0.717, 1.165) is 25.8 Å². The van der Waals surface area contributed by atoms with Crippen LogP contribution in [-0.2, 0) is 0 Å². The van der Waals surface area contributed by atoms with Gasteiger partial charge >= 0.3 is 0 Å². The van der Waals surface area contributed by atoms with Gasteiger partial charge in [-0.3, -0.25) is 0 Å². The molecular weight excluding hydrogens is 350 g/mol. The molecule has 3 aliphatic carbocycles. The molecule has 0 radical (unpaired) electrons. The summed E-state index contributed by atoms with van der Waals surface area (Å²) < 4.78 is 0. The summed E-state index contributed by atoms with van der Waals surface area (Å²) in [7, 11) is 4.24. The second-order valence-corrected chi connectivity index (χ2v) is 9.85. The molecule has 5 atom stereocenters. The number of fused-ring (bicyclic) bond motifs is 1. The lowest BCUT2D eigenvalue weighted by molar-refractivity contribution is 0.0351. The van der Waals surface area contributed by atoms with Crippen LogP contribution in [0.1, 0.15) is 70.6 Å². The van der Waals surface area contributed by atoms with Crippen LogP contribution in [0.2, 0.25) is 0 Å². The molecule has 0 aromatic carbocycles. The Labute approximate surface area is 171 Å². The lowest BCUT2D eigenvalue weighted by atomic mass is 9.84. The summed E-state index contributed by atoms with van der Waals surface area (Å²) >= 11 is 0. The Hall–Kier alpha value is -0.840. The molecule has 4 heteroatoms. The van der Waals surface area contributed by atoms with Crippen molar-refractivity contribution >= 4 is 0 Å². The normalized spacial score (nSPS) is 32.2. The zero-order valence-corrected chi connectivity index (χ0v) is 17.9. The van der Waals surface area contributed by atoms with Gasteiger partial charge in [-0.1, -0.05) is 43.8 Å². The summed E-state index contributed by atoms with van der Waals surface area (Å²) in [5, 5.41) is 31.6. The van der Waals surface area contributed by atoms with Gasteiger partial charge < -0.3 is 20.2 Å². The molecule has 0 aliphatic heterocycles. The molecule has 0 aromatic rings. The zero-order valence-electron chi connectivity index (χ0n) is 17.9. The molecule has 2 saturated carbocycles. The van der Waals surface area contributed by atoms with Crippen LogP contribution in [0.3, 0.4) is 0 Å². The first-order valence-corrected chi connectivity index (χ1v) is 11.5. The smallest absolute Gasteiger partial charge is 0.0911 e. The van der Waals surface area contributed by atoms with E-state index in [9.17, 15) is 15.3 Å². The molecule has 3 rings (SSSR count). The van der Waals surface area contributed by atoms with Gasteiger partial charge in [0.25, 0.3) is 0 Å². The number of hydrogen-bond donors (Lipinski definition) is 3. The molecule has 3 aliphatic rings. The Bertz CT molecular complexity index is 550. The second kappa shape index (κ2) is 10.3. The maximum Gasteiger partial charge on any atom is 0.0911 e. The largest absolute Gasteiger partial charge is 0.513 e. The van der Waals surface area contributed by atoms with Crippen molar-refractivity contribution in [1.82, 2.24) is 4.90 Å². The molecule has 0 heterocycles. The molecule has 0 aromatic heterocycles. The van der Waals surface area contributed by atoms with Gasteiger partial charge in [-0.2, -0.15) is 0 Å². The molecule has 0 bridgehead atoms. The SMILES string of the molecule is CN(C)CCCCCC1=C[C@H]2C[C@@H](O)[C@H](C(O)C=C(O)CC3CCCC3)[C@H]2C1. The average Bonchev–Trinajstić information content (AvgIpc) is 3.30. The quantitative estimate of drug-likeness (QED) is 0.293. The van der Waals surface area contributed by atoms with Crippen LogP contribution in [0.15, 0.2) is 23.5 Å². The number of aliphatic hydroxyl groups excluding tert-OH is 3. The summed E-state index contributed by atoms with van der Waals surface area (Å²) in [6.07, 6.45) is 15.1. The second-order valence-electron chi connectivity index (χ2n) is 9.85. The molecule has 28 heavy (non-hydrogen) atoms. The van der Waals surface area contributed by atoms with Gasteiger partial charge in [0.1, 0.15) is 0 Å². The van der Waals surface area contributed by atoms with Gasteiger partial charge in [-0.15, -0.1) is 0 Å². The molecule has 2 fully saturated rings. The van der Waals surface area contributed by atoms with Crippen LogP contribution >= 0.6 is 0 Å². The Morgan fingerprint density at radius 3 is 2.68 bits per heavy atom. The van der Waals surface area contributed by atoms with E-state index in [1.807, 2.05) is 0 Å². The van der Waals surface area contributed by atoms with Crippen molar-refractivity contribution in [3.05, 3.63) is 23.5 Å². The van der Waals surface area contributed by atoms with Gasteiger partial charge in [0.2, 0.25) is 0 Å². The van der Waals surface area contributed by atoms with Gasteiger partial charge in [0.15, 0.2) is 0 Å². The number of allylic oxidation sites excluding steroid dienone is 3. The van der Waals surface area contributed by atoms with E-state index in [2.05, 4.69) is 25.1 Å². The summed E-state index contributed by atoms with van der Waals surface area (Å²) in [6.45, 7) is 1.15. The monoisotopic (exact) mass is 391 g/mol. The van der Waals surface area contributed by atoms with Crippen molar-refractivity contribution in [2.75, 3.05) is 20.6 Å². The van der Waals surface area contributed by atoms with E-state index < -0.39 is 12.2 Å². The highest BCUT2D eigenvalue weighted by atomic mass is 16.3. The molecule has 160 valence electrons. The number of rotatable bonds is 10. The molecule has 0 saturated heterocycles. The highest BCUT2D eigenvalue weighted by Gasteiger charge is 2.47. The summed E-state index contributed by atoms with van der Waals surface area (Å²) in [5.74, 6) is 1.48. The predicted molar refractivity (Wildman–Crippen MR) is 114 cm³/mol. The van der Waals surface area contributed by atoms with E-state index in [0.29, 0.717) is 29.9 Å². The van der Waals surface area contributed by atoms with Gasteiger partial charge in [0.05, 0.1) is 18.0 Å². The minimum absolute atomic E-state index is 0.141. The number of hydrogen-bond acceptors (Lipinski definition) is 4. The van der Waals surface area contributed by atoms with Crippen LogP contribution in [-0.4, -0.2) is 53.1 Å². The third kappa shape index (κ3) is 5.84. The van der Waals surface area contributed by atoms with Crippen molar-refractivity contribution in [2.24, 2.45) is 23.7 Å². The first-order chi connectivity index (χ1) is 13.4. The van der Waals surface area contributed by atoms with Crippen molar-refractivity contribution in [3.63, 3.8) is 0 Å². The number of nitrogens with zero attached hydrogens (tertiary/aromatic N) is 1.